The van der Waals surface area contributed by atoms with E-state index >= 15 is 0 Å². The highest BCUT2D eigenvalue weighted by atomic mass is 16.5. The van der Waals surface area contributed by atoms with Crippen molar-refractivity contribution in [1.82, 2.24) is 0 Å². The molecule has 1 unspecified atom stereocenters. The highest BCUT2D eigenvalue weighted by molar-refractivity contribution is 5.20. The van der Waals surface area contributed by atoms with Gasteiger partial charge in [0.2, 0.25) is 0 Å². The normalized spacial score (nSPS) is 12.4. The first kappa shape index (κ1) is 14.0. The summed E-state index contributed by atoms with van der Waals surface area (Å²) in [4.78, 5) is 0. The van der Waals surface area contributed by atoms with Crippen LogP contribution in [0.3, 0.4) is 0 Å². The molecule has 2 heteroatoms. The van der Waals surface area contributed by atoms with E-state index in [4.69, 9.17) is 10.5 Å². The molecule has 0 aliphatic carbocycles. The Bertz CT molecular complexity index is 274. The zero-order valence-electron chi connectivity index (χ0n) is 10.9. The van der Waals surface area contributed by atoms with Gasteiger partial charge in [-0.25, -0.2) is 0 Å². The zero-order valence-corrected chi connectivity index (χ0v) is 10.9. The van der Waals surface area contributed by atoms with E-state index in [9.17, 15) is 0 Å². The third-order valence-corrected chi connectivity index (χ3v) is 2.93. The van der Waals surface area contributed by atoms with Crippen LogP contribution in [0, 0.1) is 0 Å². The molecule has 0 aliphatic rings. The number of ether oxygens (including phenoxy) is 1. The molecular formula is C15H25NO. The molecule has 17 heavy (non-hydrogen) atoms. The first-order valence-electron chi connectivity index (χ1n) is 6.76. The van der Waals surface area contributed by atoms with Crippen LogP contribution in [0.2, 0.25) is 0 Å². The molecular weight excluding hydrogens is 210 g/mol. The largest absolute Gasteiger partial charge is 0.494 e. The van der Waals surface area contributed by atoms with Crippen molar-refractivity contribution in [2.45, 2.75) is 51.5 Å². The Hall–Kier alpha value is -1.02. The Morgan fingerprint density at radius 1 is 1.06 bits per heavy atom. The molecule has 0 heterocycles. The average molecular weight is 235 g/mol. The van der Waals surface area contributed by atoms with E-state index in [0.29, 0.717) is 0 Å². The Morgan fingerprint density at radius 3 is 2.53 bits per heavy atom. The van der Waals surface area contributed by atoms with Crippen LogP contribution in [0.1, 0.15) is 45.4 Å². The van der Waals surface area contributed by atoms with Crippen LogP contribution < -0.4 is 10.5 Å². The van der Waals surface area contributed by atoms with Crippen molar-refractivity contribution in [1.29, 1.82) is 0 Å². The lowest BCUT2D eigenvalue weighted by atomic mass is 10.1. The van der Waals surface area contributed by atoms with E-state index in [2.05, 4.69) is 6.92 Å². The molecule has 2 N–H and O–H groups in total. The zero-order chi connectivity index (χ0) is 12.3. The predicted molar refractivity (Wildman–Crippen MR) is 73.3 cm³/mol. The van der Waals surface area contributed by atoms with Crippen LogP contribution in [0.5, 0.6) is 5.75 Å². The van der Waals surface area contributed by atoms with Crippen molar-refractivity contribution >= 4 is 0 Å². The van der Waals surface area contributed by atoms with E-state index < -0.39 is 0 Å². The topological polar surface area (TPSA) is 35.2 Å². The predicted octanol–water partition coefficient (Wildman–Crippen LogP) is 3.75. The molecule has 0 saturated heterocycles. The lowest BCUT2D eigenvalue weighted by Gasteiger charge is -2.12. The minimum atomic E-state index is 0.288. The van der Waals surface area contributed by atoms with Crippen molar-refractivity contribution in [2.75, 3.05) is 6.61 Å². The molecule has 1 aromatic rings. The number of benzene rings is 1. The minimum Gasteiger partial charge on any atom is -0.494 e. The smallest absolute Gasteiger partial charge is 0.119 e. The van der Waals surface area contributed by atoms with Crippen molar-refractivity contribution in [3.63, 3.8) is 0 Å². The quantitative estimate of drug-likeness (QED) is 0.661. The van der Waals surface area contributed by atoms with Crippen molar-refractivity contribution in [2.24, 2.45) is 5.73 Å². The lowest BCUT2D eigenvalue weighted by molar-refractivity contribution is 0.293. The van der Waals surface area contributed by atoms with Crippen molar-refractivity contribution in [3.05, 3.63) is 30.3 Å². The van der Waals surface area contributed by atoms with Gasteiger partial charge in [0.25, 0.3) is 0 Å². The van der Waals surface area contributed by atoms with Crippen LogP contribution in [-0.2, 0) is 0 Å². The fourth-order valence-electron chi connectivity index (χ4n) is 1.82. The highest BCUT2D eigenvalue weighted by Crippen LogP contribution is 2.10. The molecule has 1 rings (SSSR count). The van der Waals surface area contributed by atoms with Gasteiger partial charge >= 0.3 is 0 Å². The molecule has 0 saturated carbocycles. The Morgan fingerprint density at radius 2 is 1.82 bits per heavy atom. The first-order valence-corrected chi connectivity index (χ1v) is 6.76. The number of unbranched alkanes of at least 4 members (excludes halogenated alkanes) is 3. The Labute approximate surface area is 105 Å². The maximum Gasteiger partial charge on any atom is 0.119 e. The standard InChI is InChI=1S/C15H25NO/c1-2-3-4-6-9-14(16)12-13-17-15-10-7-5-8-11-15/h5,7-8,10-11,14H,2-4,6,9,12-13,16H2,1H3. The van der Waals surface area contributed by atoms with Gasteiger partial charge in [0, 0.05) is 6.04 Å². The summed E-state index contributed by atoms with van der Waals surface area (Å²) in [6.45, 7) is 2.95. The third kappa shape index (κ3) is 7.01. The molecule has 1 aromatic carbocycles. The highest BCUT2D eigenvalue weighted by Gasteiger charge is 2.02. The van der Waals surface area contributed by atoms with E-state index in [1.54, 1.807) is 0 Å². The van der Waals surface area contributed by atoms with Crippen molar-refractivity contribution < 1.29 is 4.74 Å². The molecule has 0 radical (unpaired) electrons. The molecule has 0 aliphatic heterocycles. The van der Waals surface area contributed by atoms with Gasteiger partial charge in [-0.15, -0.1) is 0 Å². The molecule has 1 atom stereocenters. The molecule has 0 amide bonds. The van der Waals surface area contributed by atoms with Gasteiger partial charge in [-0.05, 0) is 25.0 Å². The van der Waals surface area contributed by atoms with E-state index in [0.717, 1.165) is 25.2 Å². The summed E-state index contributed by atoms with van der Waals surface area (Å²) >= 11 is 0. The van der Waals surface area contributed by atoms with E-state index in [1.165, 1.54) is 25.7 Å². The van der Waals surface area contributed by atoms with Gasteiger partial charge in [0.1, 0.15) is 5.75 Å². The summed E-state index contributed by atoms with van der Waals surface area (Å²) in [5.74, 6) is 0.936. The molecule has 0 spiro atoms. The molecule has 0 aromatic heterocycles. The average Bonchev–Trinajstić information content (AvgIpc) is 2.36. The summed E-state index contributed by atoms with van der Waals surface area (Å²) in [6, 6.07) is 10.2. The van der Waals surface area contributed by atoms with Crippen LogP contribution in [0.4, 0.5) is 0 Å². The van der Waals surface area contributed by atoms with Crippen LogP contribution in [0.15, 0.2) is 30.3 Å². The number of hydrogen-bond donors (Lipinski definition) is 1. The third-order valence-electron chi connectivity index (χ3n) is 2.93. The maximum atomic E-state index is 6.04. The maximum absolute atomic E-state index is 6.04. The first-order chi connectivity index (χ1) is 8.33. The van der Waals surface area contributed by atoms with Crippen LogP contribution in [0.25, 0.3) is 0 Å². The molecule has 2 nitrogen and oxygen atoms in total. The van der Waals surface area contributed by atoms with Gasteiger partial charge in [-0.2, -0.15) is 0 Å². The number of rotatable bonds is 9. The molecule has 0 fully saturated rings. The second kappa shape index (κ2) is 9.06. The van der Waals surface area contributed by atoms with Gasteiger partial charge in [-0.3, -0.25) is 0 Å². The van der Waals surface area contributed by atoms with Gasteiger partial charge in [0.15, 0.2) is 0 Å². The fourth-order valence-corrected chi connectivity index (χ4v) is 1.82. The van der Waals surface area contributed by atoms with Crippen molar-refractivity contribution in [3.8, 4) is 5.75 Å². The van der Waals surface area contributed by atoms with Crippen LogP contribution >= 0.6 is 0 Å². The second-order valence-electron chi connectivity index (χ2n) is 4.56. The van der Waals surface area contributed by atoms with E-state index in [1.807, 2.05) is 30.3 Å². The monoisotopic (exact) mass is 235 g/mol. The van der Waals surface area contributed by atoms with Gasteiger partial charge in [0.05, 0.1) is 6.61 Å². The Balaban J connectivity index is 2.02. The summed E-state index contributed by atoms with van der Waals surface area (Å²) in [5.41, 5.74) is 6.04. The summed E-state index contributed by atoms with van der Waals surface area (Å²) < 4.78 is 5.62. The SMILES string of the molecule is CCCCCCC(N)CCOc1ccccc1. The van der Waals surface area contributed by atoms with Gasteiger partial charge < -0.3 is 10.5 Å². The lowest BCUT2D eigenvalue weighted by Crippen LogP contribution is -2.22. The molecule has 96 valence electrons. The Kier molecular flexibility index (Phi) is 7.48. The number of para-hydroxylation sites is 1. The molecule has 0 bridgehead atoms. The number of nitrogens with two attached hydrogens (primary N) is 1. The van der Waals surface area contributed by atoms with Gasteiger partial charge in [-0.1, -0.05) is 50.8 Å². The summed E-state index contributed by atoms with van der Waals surface area (Å²) in [6.07, 6.45) is 7.24. The summed E-state index contributed by atoms with van der Waals surface area (Å²) in [5, 5.41) is 0. The van der Waals surface area contributed by atoms with Crippen LogP contribution in [-0.4, -0.2) is 12.6 Å². The second-order valence-corrected chi connectivity index (χ2v) is 4.56. The van der Waals surface area contributed by atoms with E-state index in [-0.39, 0.29) is 6.04 Å². The summed E-state index contributed by atoms with van der Waals surface area (Å²) in [7, 11) is 0. The minimum absolute atomic E-state index is 0.288. The number of hydrogen-bond acceptors (Lipinski definition) is 2. The fraction of sp³-hybridized carbons (Fsp3) is 0.600.